The fourth-order valence-corrected chi connectivity index (χ4v) is 2.00. The van der Waals surface area contributed by atoms with E-state index in [4.69, 9.17) is 5.26 Å². The van der Waals surface area contributed by atoms with Gasteiger partial charge in [0.25, 0.3) is 0 Å². The standard InChI is InChI=1S/C15H12N4O4/c1-2-7-18-13(21)14(22)19(15(18)23)9-12(20)17-11-6-4-3-5-10(11)8-16/h2-6H,1,7,9H2,(H,17,20). The zero-order chi connectivity index (χ0) is 17.0. The Morgan fingerprint density at radius 2 is 1.87 bits per heavy atom. The number of urea groups is 1. The number of nitrogens with one attached hydrogen (secondary N) is 1. The Labute approximate surface area is 131 Å². The van der Waals surface area contributed by atoms with E-state index in [1.165, 1.54) is 18.2 Å². The van der Waals surface area contributed by atoms with Gasteiger partial charge in [-0.3, -0.25) is 19.3 Å². The van der Waals surface area contributed by atoms with Gasteiger partial charge in [-0.15, -0.1) is 6.58 Å². The molecule has 23 heavy (non-hydrogen) atoms. The molecule has 1 aromatic rings. The number of benzene rings is 1. The van der Waals surface area contributed by atoms with Gasteiger partial charge in [-0.2, -0.15) is 5.26 Å². The van der Waals surface area contributed by atoms with Gasteiger partial charge < -0.3 is 5.32 Å². The largest absolute Gasteiger partial charge is 0.335 e. The zero-order valence-corrected chi connectivity index (χ0v) is 12.0. The van der Waals surface area contributed by atoms with E-state index in [1.54, 1.807) is 12.1 Å². The van der Waals surface area contributed by atoms with Crippen molar-refractivity contribution in [3.8, 4) is 6.07 Å². The number of carbonyl (C=O) groups excluding carboxylic acids is 4. The molecule has 5 amide bonds. The van der Waals surface area contributed by atoms with Gasteiger partial charge in [-0.25, -0.2) is 9.69 Å². The van der Waals surface area contributed by atoms with Crippen molar-refractivity contribution in [2.75, 3.05) is 18.4 Å². The van der Waals surface area contributed by atoms with E-state index in [-0.39, 0.29) is 17.8 Å². The van der Waals surface area contributed by atoms with Crippen molar-refractivity contribution < 1.29 is 19.2 Å². The molecule has 1 fully saturated rings. The first-order chi connectivity index (χ1) is 11.0. The van der Waals surface area contributed by atoms with E-state index < -0.39 is 30.3 Å². The van der Waals surface area contributed by atoms with Gasteiger partial charge in [0.1, 0.15) is 12.6 Å². The van der Waals surface area contributed by atoms with Gasteiger partial charge in [0.15, 0.2) is 0 Å². The number of nitrogens with zero attached hydrogens (tertiary/aromatic N) is 3. The summed E-state index contributed by atoms with van der Waals surface area (Å²) in [5, 5.41) is 11.4. The van der Waals surface area contributed by atoms with E-state index in [0.29, 0.717) is 9.80 Å². The Morgan fingerprint density at radius 1 is 1.22 bits per heavy atom. The summed E-state index contributed by atoms with van der Waals surface area (Å²) >= 11 is 0. The van der Waals surface area contributed by atoms with E-state index >= 15 is 0 Å². The van der Waals surface area contributed by atoms with Gasteiger partial charge in [0.05, 0.1) is 11.3 Å². The highest BCUT2D eigenvalue weighted by atomic mass is 16.2. The van der Waals surface area contributed by atoms with Crippen LogP contribution in [0, 0.1) is 11.3 Å². The second-order valence-corrected chi connectivity index (χ2v) is 4.58. The number of hydrogen-bond donors (Lipinski definition) is 1. The Bertz CT molecular complexity index is 750. The second-order valence-electron chi connectivity index (χ2n) is 4.58. The minimum absolute atomic E-state index is 0.112. The van der Waals surface area contributed by atoms with Crippen LogP contribution in [0.25, 0.3) is 0 Å². The lowest BCUT2D eigenvalue weighted by Gasteiger charge is -2.14. The van der Waals surface area contributed by atoms with Crippen LogP contribution >= 0.6 is 0 Å². The summed E-state index contributed by atoms with van der Waals surface area (Å²) in [6.07, 6.45) is 1.30. The van der Waals surface area contributed by atoms with Crippen LogP contribution in [0.3, 0.4) is 0 Å². The molecule has 0 spiro atoms. The minimum Gasteiger partial charge on any atom is -0.323 e. The highest BCUT2D eigenvalue weighted by Gasteiger charge is 2.44. The summed E-state index contributed by atoms with van der Waals surface area (Å²) in [6.45, 7) is 2.67. The molecule has 1 aliphatic heterocycles. The number of anilines is 1. The molecule has 1 aromatic carbocycles. The van der Waals surface area contributed by atoms with Crippen LogP contribution in [0.4, 0.5) is 10.5 Å². The summed E-state index contributed by atoms with van der Waals surface area (Å²) in [6, 6.07) is 7.32. The number of imide groups is 2. The molecule has 0 aliphatic carbocycles. The summed E-state index contributed by atoms with van der Waals surface area (Å²) in [5.74, 6) is -2.76. The fourth-order valence-electron chi connectivity index (χ4n) is 2.00. The quantitative estimate of drug-likeness (QED) is 0.483. The highest BCUT2D eigenvalue weighted by molar-refractivity contribution is 6.45. The van der Waals surface area contributed by atoms with Crippen molar-refractivity contribution in [2.45, 2.75) is 0 Å². The van der Waals surface area contributed by atoms with Crippen LogP contribution < -0.4 is 5.32 Å². The molecule has 1 N–H and O–H groups in total. The maximum Gasteiger partial charge on any atom is 0.335 e. The van der Waals surface area contributed by atoms with Gasteiger partial charge >= 0.3 is 17.8 Å². The van der Waals surface area contributed by atoms with Crippen LogP contribution in [0.5, 0.6) is 0 Å². The van der Waals surface area contributed by atoms with Gasteiger partial charge in [0.2, 0.25) is 5.91 Å². The molecule has 2 rings (SSSR count). The molecule has 0 bridgehead atoms. The lowest BCUT2D eigenvalue weighted by Crippen LogP contribution is -2.39. The first-order valence-corrected chi connectivity index (χ1v) is 6.56. The summed E-state index contributed by atoms with van der Waals surface area (Å²) in [5.41, 5.74) is 0.498. The van der Waals surface area contributed by atoms with Crippen LogP contribution in [-0.2, 0) is 14.4 Å². The highest BCUT2D eigenvalue weighted by Crippen LogP contribution is 2.15. The molecule has 8 nitrogen and oxygen atoms in total. The minimum atomic E-state index is -1.07. The van der Waals surface area contributed by atoms with E-state index in [1.807, 2.05) is 6.07 Å². The first-order valence-electron chi connectivity index (χ1n) is 6.56. The van der Waals surface area contributed by atoms with Crippen LogP contribution in [0.15, 0.2) is 36.9 Å². The van der Waals surface area contributed by atoms with E-state index in [9.17, 15) is 19.2 Å². The molecule has 1 saturated heterocycles. The number of carbonyl (C=O) groups is 4. The molecule has 116 valence electrons. The van der Waals surface area contributed by atoms with Crippen molar-refractivity contribution in [3.63, 3.8) is 0 Å². The maximum atomic E-state index is 12.0. The topological polar surface area (TPSA) is 111 Å². The smallest absolute Gasteiger partial charge is 0.323 e. The van der Waals surface area contributed by atoms with E-state index in [0.717, 1.165) is 0 Å². The Kier molecular flexibility index (Phi) is 4.52. The van der Waals surface area contributed by atoms with E-state index in [2.05, 4.69) is 11.9 Å². The van der Waals surface area contributed by atoms with Crippen molar-refractivity contribution in [2.24, 2.45) is 0 Å². The normalized spacial score (nSPS) is 14.0. The second kappa shape index (κ2) is 6.53. The number of rotatable bonds is 5. The predicted octanol–water partition coefficient (Wildman–Crippen LogP) is 0.474. The Hall–Kier alpha value is -3.47. The van der Waals surface area contributed by atoms with Crippen molar-refractivity contribution in [1.29, 1.82) is 5.26 Å². The van der Waals surface area contributed by atoms with Crippen LogP contribution in [0.2, 0.25) is 0 Å². The fraction of sp³-hybridized carbons (Fsp3) is 0.133. The van der Waals surface area contributed by atoms with Gasteiger partial charge in [-0.1, -0.05) is 18.2 Å². The number of nitriles is 1. The van der Waals surface area contributed by atoms with Crippen LogP contribution in [-0.4, -0.2) is 46.6 Å². The third-order valence-electron chi connectivity index (χ3n) is 3.07. The van der Waals surface area contributed by atoms with Crippen molar-refractivity contribution in [1.82, 2.24) is 9.80 Å². The van der Waals surface area contributed by atoms with Gasteiger partial charge in [-0.05, 0) is 12.1 Å². The van der Waals surface area contributed by atoms with Crippen LogP contribution in [0.1, 0.15) is 5.56 Å². The Balaban J connectivity index is 2.10. The van der Waals surface area contributed by atoms with Crippen molar-refractivity contribution >= 4 is 29.4 Å². The lowest BCUT2D eigenvalue weighted by atomic mass is 10.2. The maximum absolute atomic E-state index is 12.0. The number of para-hydroxylation sites is 1. The molecule has 0 unspecified atom stereocenters. The number of amides is 5. The monoisotopic (exact) mass is 312 g/mol. The third kappa shape index (κ3) is 3.08. The van der Waals surface area contributed by atoms with Gasteiger partial charge in [0, 0.05) is 6.54 Å². The molecule has 0 radical (unpaired) electrons. The molecule has 1 aliphatic rings. The third-order valence-corrected chi connectivity index (χ3v) is 3.07. The Morgan fingerprint density at radius 3 is 2.52 bits per heavy atom. The molecule has 0 atom stereocenters. The molecular formula is C15H12N4O4. The molecule has 1 heterocycles. The predicted molar refractivity (Wildman–Crippen MR) is 78.8 cm³/mol. The summed E-state index contributed by atoms with van der Waals surface area (Å²) in [7, 11) is 0. The first kappa shape index (κ1) is 15.9. The molecule has 0 aromatic heterocycles. The SMILES string of the molecule is C=CCN1C(=O)C(=O)N(CC(=O)Nc2ccccc2C#N)C1=O. The molecular weight excluding hydrogens is 300 g/mol. The summed E-state index contributed by atoms with van der Waals surface area (Å²) in [4.78, 5) is 48.6. The molecule has 0 saturated carbocycles. The molecule has 8 heteroatoms. The summed E-state index contributed by atoms with van der Waals surface area (Å²) < 4.78 is 0. The number of hydrogen-bond acceptors (Lipinski definition) is 5. The lowest BCUT2D eigenvalue weighted by molar-refractivity contribution is -0.143. The average molecular weight is 312 g/mol. The van der Waals surface area contributed by atoms with Crippen molar-refractivity contribution in [3.05, 3.63) is 42.5 Å². The average Bonchev–Trinajstić information content (AvgIpc) is 2.73. The zero-order valence-electron chi connectivity index (χ0n) is 12.0.